The van der Waals surface area contributed by atoms with Crippen LogP contribution in [0.3, 0.4) is 0 Å². The molecular formula is C16H21N5O2. The summed E-state index contributed by atoms with van der Waals surface area (Å²) < 4.78 is 5.01. The minimum Gasteiger partial charge on any atom is -0.467 e. The van der Waals surface area contributed by atoms with E-state index < -0.39 is 0 Å². The van der Waals surface area contributed by atoms with Crippen LogP contribution in [0.4, 0.5) is 22.0 Å². The summed E-state index contributed by atoms with van der Waals surface area (Å²) in [5.41, 5.74) is 3.40. The predicted octanol–water partition coefficient (Wildman–Crippen LogP) is 2.81. The highest BCUT2D eigenvalue weighted by atomic mass is 16.5. The minimum absolute atomic E-state index is 0.244. The van der Waals surface area contributed by atoms with Crippen molar-refractivity contribution in [1.82, 2.24) is 9.97 Å². The van der Waals surface area contributed by atoms with E-state index in [1.165, 1.54) is 13.3 Å². The largest absolute Gasteiger partial charge is 0.467 e. The number of aromatic nitrogens is 2. The molecule has 23 heavy (non-hydrogen) atoms. The van der Waals surface area contributed by atoms with Gasteiger partial charge in [0.25, 0.3) is 0 Å². The number of urea groups is 1. The van der Waals surface area contributed by atoms with Crippen LogP contribution in [-0.4, -0.2) is 37.2 Å². The number of benzene rings is 1. The molecule has 0 aliphatic heterocycles. The molecule has 0 fully saturated rings. The van der Waals surface area contributed by atoms with Crippen LogP contribution in [0.2, 0.25) is 0 Å². The van der Waals surface area contributed by atoms with Crippen molar-refractivity contribution in [2.75, 3.05) is 36.7 Å². The molecular weight excluding hydrogens is 294 g/mol. The van der Waals surface area contributed by atoms with E-state index in [0.29, 0.717) is 11.5 Å². The van der Waals surface area contributed by atoms with Crippen LogP contribution in [0.15, 0.2) is 24.4 Å². The van der Waals surface area contributed by atoms with E-state index in [2.05, 4.69) is 20.6 Å². The molecule has 0 radical (unpaired) electrons. The summed E-state index contributed by atoms with van der Waals surface area (Å²) in [6, 6.07) is 5.73. The van der Waals surface area contributed by atoms with Gasteiger partial charge < -0.3 is 20.3 Å². The lowest BCUT2D eigenvalue weighted by Crippen LogP contribution is -2.23. The molecule has 1 aromatic carbocycles. The Kier molecular flexibility index (Phi) is 5.00. The van der Waals surface area contributed by atoms with E-state index in [1.807, 2.05) is 46.1 Å². The molecule has 1 heterocycles. The van der Waals surface area contributed by atoms with Crippen LogP contribution in [0.5, 0.6) is 6.01 Å². The maximum absolute atomic E-state index is 12.2. The van der Waals surface area contributed by atoms with Crippen LogP contribution >= 0.6 is 0 Å². The van der Waals surface area contributed by atoms with E-state index in [-0.39, 0.29) is 12.0 Å². The Morgan fingerprint density at radius 3 is 2.48 bits per heavy atom. The van der Waals surface area contributed by atoms with Gasteiger partial charge in [-0.15, -0.1) is 0 Å². The van der Waals surface area contributed by atoms with E-state index in [4.69, 9.17) is 4.74 Å². The predicted molar refractivity (Wildman–Crippen MR) is 91.5 cm³/mol. The lowest BCUT2D eigenvalue weighted by Gasteiger charge is -2.17. The summed E-state index contributed by atoms with van der Waals surface area (Å²) in [6.07, 6.45) is 1.52. The van der Waals surface area contributed by atoms with Crippen LogP contribution in [0.1, 0.15) is 11.1 Å². The Labute approximate surface area is 135 Å². The zero-order valence-corrected chi connectivity index (χ0v) is 14.0. The van der Waals surface area contributed by atoms with E-state index >= 15 is 0 Å². The second kappa shape index (κ2) is 6.95. The Bertz CT molecular complexity index is 716. The monoisotopic (exact) mass is 315 g/mol. The van der Waals surface area contributed by atoms with Crippen molar-refractivity contribution in [3.8, 4) is 6.01 Å². The highest BCUT2D eigenvalue weighted by molar-refractivity contribution is 6.01. The molecule has 7 nitrogen and oxygen atoms in total. The molecule has 2 amide bonds. The average molecular weight is 315 g/mol. The number of hydrogen-bond acceptors (Lipinski definition) is 5. The number of amides is 2. The molecule has 0 atom stereocenters. The van der Waals surface area contributed by atoms with Gasteiger partial charge in [0.2, 0.25) is 0 Å². The average Bonchev–Trinajstić information content (AvgIpc) is 2.50. The summed E-state index contributed by atoms with van der Waals surface area (Å²) in [5, 5.41) is 5.59. The molecule has 7 heteroatoms. The molecule has 2 rings (SSSR count). The zero-order valence-electron chi connectivity index (χ0n) is 14.0. The van der Waals surface area contributed by atoms with Crippen molar-refractivity contribution in [1.29, 1.82) is 0 Å². The van der Waals surface area contributed by atoms with Crippen molar-refractivity contribution >= 4 is 23.2 Å². The normalized spacial score (nSPS) is 10.1. The molecule has 0 aliphatic carbocycles. The van der Waals surface area contributed by atoms with Gasteiger partial charge in [-0.05, 0) is 25.5 Å². The van der Waals surface area contributed by atoms with Gasteiger partial charge in [-0.25, -0.2) is 9.78 Å². The van der Waals surface area contributed by atoms with Crippen molar-refractivity contribution in [2.45, 2.75) is 13.8 Å². The summed E-state index contributed by atoms with van der Waals surface area (Å²) in [7, 11) is 5.15. The van der Waals surface area contributed by atoms with Crippen molar-refractivity contribution in [3.05, 3.63) is 35.5 Å². The number of nitrogens with one attached hydrogen (secondary N) is 2. The summed E-state index contributed by atoms with van der Waals surface area (Å²) in [6.45, 7) is 3.96. The number of methoxy groups -OCH3 is 1. The summed E-state index contributed by atoms with van der Waals surface area (Å²) >= 11 is 0. The first-order valence-electron chi connectivity index (χ1n) is 7.14. The van der Waals surface area contributed by atoms with Gasteiger partial charge in [0.05, 0.1) is 13.3 Å². The third-order valence-electron chi connectivity index (χ3n) is 3.23. The first-order valence-corrected chi connectivity index (χ1v) is 7.14. The number of carbonyl (C=O) groups excluding carboxylic acids is 1. The van der Waals surface area contributed by atoms with Crippen molar-refractivity contribution < 1.29 is 9.53 Å². The van der Waals surface area contributed by atoms with Gasteiger partial charge in [0, 0.05) is 19.8 Å². The van der Waals surface area contributed by atoms with Crippen LogP contribution in [0.25, 0.3) is 0 Å². The number of hydrogen-bond donors (Lipinski definition) is 2. The Balaban J connectivity index is 2.16. The third-order valence-corrected chi connectivity index (χ3v) is 3.23. The lowest BCUT2D eigenvalue weighted by atomic mass is 10.1. The molecule has 1 aromatic heterocycles. The van der Waals surface area contributed by atoms with Gasteiger partial charge in [-0.3, -0.25) is 0 Å². The minimum atomic E-state index is -0.353. The SMILES string of the molecule is COc1ncc(NC(=O)Nc2ccc(C)cc2C)c(N(C)C)n1. The first kappa shape index (κ1) is 16.5. The molecule has 0 bridgehead atoms. The number of ether oxygens (including phenoxy) is 1. The zero-order chi connectivity index (χ0) is 17.0. The second-order valence-electron chi connectivity index (χ2n) is 5.39. The topological polar surface area (TPSA) is 79.4 Å². The molecule has 0 aliphatic rings. The lowest BCUT2D eigenvalue weighted by molar-refractivity contribution is 0.262. The first-order chi connectivity index (χ1) is 10.9. The molecule has 0 saturated carbocycles. The van der Waals surface area contributed by atoms with Crippen LogP contribution in [0, 0.1) is 13.8 Å². The van der Waals surface area contributed by atoms with Crippen molar-refractivity contribution in [3.63, 3.8) is 0 Å². The highest BCUT2D eigenvalue weighted by Gasteiger charge is 2.13. The Hall–Kier alpha value is -2.83. The van der Waals surface area contributed by atoms with E-state index in [1.54, 1.807) is 4.90 Å². The summed E-state index contributed by atoms with van der Waals surface area (Å²) in [4.78, 5) is 22.3. The van der Waals surface area contributed by atoms with Crippen LogP contribution in [-0.2, 0) is 0 Å². The van der Waals surface area contributed by atoms with Crippen molar-refractivity contribution in [2.24, 2.45) is 0 Å². The Morgan fingerprint density at radius 2 is 1.87 bits per heavy atom. The maximum atomic E-state index is 12.2. The number of carbonyl (C=O) groups is 1. The third kappa shape index (κ3) is 4.09. The van der Waals surface area contributed by atoms with Gasteiger partial charge in [-0.2, -0.15) is 4.98 Å². The molecule has 0 spiro atoms. The van der Waals surface area contributed by atoms with E-state index in [9.17, 15) is 4.79 Å². The number of nitrogens with zero attached hydrogens (tertiary/aromatic N) is 3. The quantitative estimate of drug-likeness (QED) is 0.907. The summed E-state index contributed by atoms with van der Waals surface area (Å²) in [5.74, 6) is 0.563. The van der Waals surface area contributed by atoms with Gasteiger partial charge in [0.1, 0.15) is 5.69 Å². The second-order valence-corrected chi connectivity index (χ2v) is 5.39. The smallest absolute Gasteiger partial charge is 0.323 e. The standard InChI is InChI=1S/C16H21N5O2/c1-10-6-7-12(11(2)8-10)18-15(22)19-13-9-17-16(23-5)20-14(13)21(3)4/h6-9H,1-5H3,(H2,18,19,22). The highest BCUT2D eigenvalue weighted by Crippen LogP contribution is 2.23. The van der Waals surface area contributed by atoms with Gasteiger partial charge >= 0.3 is 12.0 Å². The van der Waals surface area contributed by atoms with Crippen LogP contribution < -0.4 is 20.3 Å². The van der Waals surface area contributed by atoms with Gasteiger partial charge in [0.15, 0.2) is 5.82 Å². The molecule has 2 N–H and O–H groups in total. The van der Waals surface area contributed by atoms with Gasteiger partial charge in [-0.1, -0.05) is 17.7 Å². The number of rotatable bonds is 4. The number of aryl methyl sites for hydroxylation is 2. The fraction of sp³-hybridized carbons (Fsp3) is 0.312. The Morgan fingerprint density at radius 1 is 1.17 bits per heavy atom. The molecule has 122 valence electrons. The molecule has 2 aromatic rings. The molecule has 0 saturated heterocycles. The fourth-order valence-corrected chi connectivity index (χ4v) is 2.11. The molecule has 0 unspecified atom stereocenters. The maximum Gasteiger partial charge on any atom is 0.323 e. The van der Waals surface area contributed by atoms with E-state index in [0.717, 1.165) is 16.8 Å². The number of anilines is 3. The fourth-order valence-electron chi connectivity index (χ4n) is 2.11.